The van der Waals surface area contributed by atoms with Crippen LogP contribution in [-0.2, 0) is 12.7 Å². The van der Waals surface area contributed by atoms with Crippen molar-refractivity contribution in [1.29, 1.82) is 0 Å². The Hall–Kier alpha value is -1.96. The number of alkyl halides is 3. The molecule has 1 N–H and O–H groups in total. The Morgan fingerprint density at radius 3 is 2.40 bits per heavy atom. The lowest BCUT2D eigenvalue weighted by Gasteiger charge is -2.07. The molecule has 0 radical (unpaired) electrons. The summed E-state index contributed by atoms with van der Waals surface area (Å²) in [5.41, 5.74) is -0.618. The van der Waals surface area contributed by atoms with E-state index >= 15 is 0 Å². The highest BCUT2D eigenvalue weighted by Crippen LogP contribution is 2.29. The number of hydrogen-bond acceptors (Lipinski definition) is 4. The van der Waals surface area contributed by atoms with Gasteiger partial charge in [-0.25, -0.2) is 0 Å². The molecule has 0 bridgehead atoms. The third kappa shape index (κ3) is 3.53. The lowest BCUT2D eigenvalue weighted by atomic mass is 10.1. The van der Waals surface area contributed by atoms with E-state index in [-0.39, 0.29) is 12.1 Å². The van der Waals surface area contributed by atoms with Gasteiger partial charge >= 0.3 is 6.18 Å². The van der Waals surface area contributed by atoms with E-state index in [1.54, 1.807) is 6.92 Å². The first kappa shape index (κ1) is 14.4. The number of hydrogen-bond donors (Lipinski definition) is 1. The number of carbonyl (C=O) groups excluding carboxylic acids is 1. The van der Waals surface area contributed by atoms with Gasteiger partial charge in [0.2, 0.25) is 0 Å². The van der Waals surface area contributed by atoms with E-state index in [9.17, 15) is 18.0 Å². The summed E-state index contributed by atoms with van der Waals surface area (Å²) < 4.78 is 37.1. The third-order valence-electron chi connectivity index (χ3n) is 2.44. The van der Waals surface area contributed by atoms with Crippen LogP contribution in [0.4, 0.5) is 13.2 Å². The van der Waals surface area contributed by atoms with Gasteiger partial charge in [0.15, 0.2) is 0 Å². The largest absolute Gasteiger partial charge is 0.416 e. The maximum absolute atomic E-state index is 12.4. The van der Waals surface area contributed by atoms with Crippen molar-refractivity contribution >= 4 is 17.2 Å². The Kier molecular flexibility index (Phi) is 4.03. The van der Waals surface area contributed by atoms with Crippen LogP contribution in [0.3, 0.4) is 0 Å². The summed E-state index contributed by atoms with van der Waals surface area (Å²) in [7, 11) is 0. The molecule has 0 aliphatic rings. The minimum absolute atomic E-state index is 0.166. The lowest BCUT2D eigenvalue weighted by Crippen LogP contribution is -2.22. The first-order valence-electron chi connectivity index (χ1n) is 5.61. The van der Waals surface area contributed by atoms with Crippen molar-refractivity contribution in [2.24, 2.45) is 0 Å². The highest BCUT2D eigenvalue weighted by atomic mass is 32.1. The molecule has 20 heavy (non-hydrogen) atoms. The number of rotatable bonds is 3. The van der Waals surface area contributed by atoms with Crippen molar-refractivity contribution in [3.05, 3.63) is 45.4 Å². The highest BCUT2D eigenvalue weighted by Gasteiger charge is 2.30. The molecule has 0 unspecified atom stereocenters. The summed E-state index contributed by atoms with van der Waals surface area (Å²) in [5, 5.41) is 11.6. The van der Waals surface area contributed by atoms with Crippen LogP contribution in [0.5, 0.6) is 0 Å². The van der Waals surface area contributed by atoms with Gasteiger partial charge in [0.05, 0.1) is 12.1 Å². The number of aryl methyl sites for hydroxylation is 1. The van der Waals surface area contributed by atoms with Crippen molar-refractivity contribution in [1.82, 2.24) is 15.5 Å². The molecular weight excluding hydrogens is 291 g/mol. The molecule has 4 nitrogen and oxygen atoms in total. The van der Waals surface area contributed by atoms with Gasteiger partial charge in [-0.05, 0) is 31.2 Å². The second kappa shape index (κ2) is 5.58. The molecule has 0 fully saturated rings. The minimum Gasteiger partial charge on any atom is -0.345 e. The van der Waals surface area contributed by atoms with Crippen molar-refractivity contribution in [2.45, 2.75) is 19.6 Å². The van der Waals surface area contributed by atoms with Gasteiger partial charge in [-0.2, -0.15) is 13.2 Å². The number of benzene rings is 1. The van der Waals surface area contributed by atoms with Gasteiger partial charge < -0.3 is 5.32 Å². The van der Waals surface area contributed by atoms with E-state index in [4.69, 9.17) is 0 Å². The maximum Gasteiger partial charge on any atom is 0.416 e. The molecule has 0 saturated carbocycles. The van der Waals surface area contributed by atoms with E-state index in [2.05, 4.69) is 15.5 Å². The summed E-state index contributed by atoms with van der Waals surface area (Å²) in [6.45, 7) is 1.99. The number of amides is 1. The Bertz CT molecular complexity index is 607. The van der Waals surface area contributed by atoms with E-state index < -0.39 is 17.6 Å². The highest BCUT2D eigenvalue weighted by molar-refractivity contribution is 7.11. The topological polar surface area (TPSA) is 54.9 Å². The van der Waals surface area contributed by atoms with Crippen molar-refractivity contribution in [3.8, 4) is 0 Å². The van der Waals surface area contributed by atoms with Crippen LogP contribution >= 0.6 is 11.3 Å². The van der Waals surface area contributed by atoms with Crippen LogP contribution in [0.2, 0.25) is 0 Å². The number of nitrogens with one attached hydrogen (secondary N) is 1. The van der Waals surface area contributed by atoms with Crippen molar-refractivity contribution in [3.63, 3.8) is 0 Å². The fourth-order valence-electron chi connectivity index (χ4n) is 1.48. The van der Waals surface area contributed by atoms with Crippen LogP contribution in [0.25, 0.3) is 0 Å². The second-order valence-electron chi connectivity index (χ2n) is 3.97. The molecule has 1 heterocycles. The zero-order valence-corrected chi connectivity index (χ0v) is 11.2. The maximum atomic E-state index is 12.4. The molecule has 0 saturated heterocycles. The fraction of sp³-hybridized carbons (Fsp3) is 0.250. The Morgan fingerprint density at radius 2 is 1.90 bits per heavy atom. The van der Waals surface area contributed by atoms with E-state index in [0.29, 0.717) is 5.01 Å². The summed E-state index contributed by atoms with van der Waals surface area (Å²) >= 11 is 1.35. The van der Waals surface area contributed by atoms with Gasteiger partial charge in [-0.3, -0.25) is 4.79 Å². The first-order valence-corrected chi connectivity index (χ1v) is 6.42. The molecule has 0 aliphatic carbocycles. The molecule has 1 aromatic heterocycles. The molecule has 2 rings (SSSR count). The molecule has 1 amide bonds. The zero-order valence-electron chi connectivity index (χ0n) is 10.4. The van der Waals surface area contributed by atoms with Gasteiger partial charge in [0.25, 0.3) is 5.91 Å². The third-order valence-corrected chi connectivity index (χ3v) is 3.28. The average molecular weight is 301 g/mol. The standard InChI is InChI=1S/C12H10F3N3OS/c1-7-17-18-10(20-7)6-16-11(19)8-2-4-9(5-3-8)12(13,14)15/h2-5H,6H2,1H3,(H,16,19). The fourth-order valence-corrected chi connectivity index (χ4v) is 2.13. The van der Waals surface area contributed by atoms with Gasteiger partial charge in [-0.1, -0.05) is 11.3 Å². The smallest absolute Gasteiger partial charge is 0.345 e. The van der Waals surface area contributed by atoms with Gasteiger partial charge in [0.1, 0.15) is 10.0 Å². The average Bonchev–Trinajstić information content (AvgIpc) is 2.81. The summed E-state index contributed by atoms with van der Waals surface area (Å²) in [6, 6.07) is 4.04. The number of halogens is 3. The normalized spacial score (nSPS) is 11.4. The van der Waals surface area contributed by atoms with Crippen LogP contribution in [0, 0.1) is 6.92 Å². The predicted molar refractivity (Wildman–Crippen MR) is 67.3 cm³/mol. The van der Waals surface area contributed by atoms with Gasteiger partial charge in [0, 0.05) is 5.56 Å². The molecule has 2 aromatic rings. The zero-order chi connectivity index (χ0) is 14.8. The van der Waals surface area contributed by atoms with E-state index in [1.165, 1.54) is 11.3 Å². The number of carbonyl (C=O) groups is 1. The van der Waals surface area contributed by atoms with Crippen LogP contribution in [0.15, 0.2) is 24.3 Å². The Morgan fingerprint density at radius 1 is 1.25 bits per heavy atom. The molecule has 1 aromatic carbocycles. The molecular formula is C12H10F3N3OS. The van der Waals surface area contributed by atoms with Crippen LogP contribution in [-0.4, -0.2) is 16.1 Å². The van der Waals surface area contributed by atoms with E-state index in [1.807, 2.05) is 0 Å². The predicted octanol–water partition coefficient (Wildman–Crippen LogP) is 2.80. The first-order chi connectivity index (χ1) is 9.36. The molecule has 106 valence electrons. The van der Waals surface area contributed by atoms with Crippen molar-refractivity contribution in [2.75, 3.05) is 0 Å². The van der Waals surface area contributed by atoms with Gasteiger partial charge in [-0.15, -0.1) is 10.2 Å². The monoisotopic (exact) mass is 301 g/mol. The number of nitrogens with zero attached hydrogens (tertiary/aromatic N) is 2. The quantitative estimate of drug-likeness (QED) is 0.948. The molecule has 0 atom stereocenters. The molecule has 0 spiro atoms. The molecule has 0 aliphatic heterocycles. The minimum atomic E-state index is -4.40. The second-order valence-corrected chi connectivity index (χ2v) is 5.24. The SMILES string of the molecule is Cc1nnc(CNC(=O)c2ccc(C(F)(F)F)cc2)s1. The van der Waals surface area contributed by atoms with Crippen molar-refractivity contribution < 1.29 is 18.0 Å². The van der Waals surface area contributed by atoms with Crippen LogP contribution in [0.1, 0.15) is 25.9 Å². The summed E-state index contributed by atoms with van der Waals surface area (Å²) in [4.78, 5) is 11.7. The van der Waals surface area contributed by atoms with Crippen LogP contribution < -0.4 is 5.32 Å². The Balaban J connectivity index is 1.99. The molecule has 8 heteroatoms. The number of aromatic nitrogens is 2. The lowest BCUT2D eigenvalue weighted by molar-refractivity contribution is -0.137. The van der Waals surface area contributed by atoms with E-state index in [0.717, 1.165) is 29.3 Å². The Labute approximate surface area is 116 Å². The summed E-state index contributed by atoms with van der Waals surface area (Å²) in [5.74, 6) is -0.452. The summed E-state index contributed by atoms with van der Waals surface area (Å²) in [6.07, 6.45) is -4.40.